The lowest BCUT2D eigenvalue weighted by atomic mass is 9.79. The maximum Gasteiger partial charge on any atom is 0.134 e. The van der Waals surface area contributed by atoms with Gasteiger partial charge in [-0.25, -0.2) is 4.99 Å². The molecule has 0 saturated heterocycles. The number of para-hydroxylation sites is 3. The van der Waals surface area contributed by atoms with E-state index in [-0.39, 0.29) is 17.7 Å². The Bertz CT molecular complexity index is 3240. The summed E-state index contributed by atoms with van der Waals surface area (Å²) in [5.74, 6) is 1.11. The van der Waals surface area contributed by atoms with Crippen LogP contribution in [0.25, 0.3) is 50.2 Å². The number of hydrogen-bond acceptors (Lipinski definition) is 4. The summed E-state index contributed by atoms with van der Waals surface area (Å²) in [5, 5.41) is 22.5. The molecule has 0 bridgehead atoms. The van der Waals surface area contributed by atoms with Crippen LogP contribution in [-0.2, 0) is 11.8 Å². The van der Waals surface area contributed by atoms with Gasteiger partial charge in [0.25, 0.3) is 0 Å². The van der Waals surface area contributed by atoms with E-state index in [2.05, 4.69) is 204 Å². The monoisotopic (exact) mass is 788 g/mol. The Balaban J connectivity index is 1.12. The molecule has 0 saturated carbocycles. The first-order chi connectivity index (χ1) is 30.0. The molecule has 1 aliphatic heterocycles. The topological polar surface area (TPSA) is 70.1 Å². The minimum Gasteiger partial charge on any atom is -0.350 e. The third-order valence-corrected chi connectivity index (χ3v) is 13.7. The van der Waals surface area contributed by atoms with Crippen molar-refractivity contribution in [1.29, 1.82) is 5.26 Å². The fraction of sp³-hybridized carbons (Fsp3) is 0.164. The molecule has 6 heteroatoms. The Morgan fingerprint density at radius 2 is 1.43 bits per heavy atom. The number of amidine groups is 1. The molecule has 8 aromatic rings. The Morgan fingerprint density at radius 1 is 0.721 bits per heavy atom. The molecule has 0 spiro atoms. The summed E-state index contributed by atoms with van der Waals surface area (Å²) in [7, 11) is 0. The highest BCUT2D eigenvalue weighted by atomic mass is 15.3. The number of allylic oxidation sites excluding steroid dienone is 5. The van der Waals surface area contributed by atoms with Crippen molar-refractivity contribution in [3.8, 4) is 17.4 Å². The van der Waals surface area contributed by atoms with E-state index >= 15 is 0 Å². The third-order valence-electron chi connectivity index (χ3n) is 13.7. The van der Waals surface area contributed by atoms with Gasteiger partial charge < -0.3 is 14.5 Å². The van der Waals surface area contributed by atoms with Crippen LogP contribution in [0.15, 0.2) is 168 Å². The first-order valence-corrected chi connectivity index (χ1v) is 21.5. The van der Waals surface area contributed by atoms with Gasteiger partial charge in [0.1, 0.15) is 24.2 Å². The smallest absolute Gasteiger partial charge is 0.134 e. The van der Waals surface area contributed by atoms with E-state index in [0.717, 1.165) is 80.5 Å². The number of nitriles is 1. The van der Waals surface area contributed by atoms with Crippen molar-refractivity contribution < 1.29 is 0 Å². The van der Waals surface area contributed by atoms with Crippen molar-refractivity contribution in [3.63, 3.8) is 0 Å². The van der Waals surface area contributed by atoms with Crippen molar-refractivity contribution in [2.75, 3.05) is 0 Å². The largest absolute Gasteiger partial charge is 0.350 e. The minimum atomic E-state index is -0.351. The predicted molar refractivity (Wildman–Crippen MR) is 248 cm³/mol. The Kier molecular flexibility index (Phi) is 8.01. The quantitative estimate of drug-likeness (QED) is 0.182. The molecule has 0 radical (unpaired) electrons. The van der Waals surface area contributed by atoms with Gasteiger partial charge in [-0.05, 0) is 71.8 Å². The van der Waals surface area contributed by atoms with Gasteiger partial charge >= 0.3 is 0 Å². The molecule has 4 aliphatic rings. The summed E-state index contributed by atoms with van der Waals surface area (Å²) in [6.07, 6.45) is 13.7. The summed E-state index contributed by atoms with van der Waals surface area (Å²) in [5.41, 5.74) is 15.6. The molecule has 12 rings (SSSR count). The zero-order chi connectivity index (χ0) is 40.8. The molecular formula is C55H44N6. The second-order valence-electron chi connectivity index (χ2n) is 17.4. The van der Waals surface area contributed by atoms with Gasteiger partial charge in [-0.15, -0.1) is 0 Å². The number of aliphatic imine (C=N–C) groups is 1. The van der Waals surface area contributed by atoms with E-state index < -0.39 is 0 Å². The highest BCUT2D eigenvalue weighted by Gasteiger charge is 2.42. The van der Waals surface area contributed by atoms with Crippen LogP contribution in [0, 0.1) is 11.3 Å². The fourth-order valence-electron chi connectivity index (χ4n) is 10.9. The molecule has 3 atom stereocenters. The van der Waals surface area contributed by atoms with Crippen LogP contribution >= 0.6 is 0 Å². The first kappa shape index (κ1) is 35.7. The van der Waals surface area contributed by atoms with Crippen molar-refractivity contribution in [2.45, 2.75) is 56.8 Å². The average molecular weight is 789 g/mol. The van der Waals surface area contributed by atoms with Crippen molar-refractivity contribution >= 4 is 44.6 Å². The molecular weight excluding hydrogens is 745 g/mol. The number of aromatic nitrogens is 2. The van der Waals surface area contributed by atoms with Crippen molar-refractivity contribution in [1.82, 2.24) is 19.8 Å². The lowest BCUT2D eigenvalue weighted by Crippen LogP contribution is -2.45. The molecule has 0 fully saturated rings. The normalized spacial score (nSPS) is 19.9. The number of nitrogens with one attached hydrogen (secondary N) is 2. The van der Waals surface area contributed by atoms with Gasteiger partial charge in [-0.3, -0.25) is 5.32 Å². The highest BCUT2D eigenvalue weighted by Crippen LogP contribution is 2.53. The number of benzene rings is 6. The van der Waals surface area contributed by atoms with Crippen molar-refractivity contribution in [3.05, 3.63) is 208 Å². The van der Waals surface area contributed by atoms with Gasteiger partial charge in [-0.1, -0.05) is 153 Å². The number of nitrogens with zero attached hydrogens (tertiary/aromatic N) is 4. The second kappa shape index (κ2) is 13.7. The number of hydrogen-bond donors (Lipinski definition) is 2. The maximum atomic E-state index is 11.2. The van der Waals surface area contributed by atoms with Gasteiger partial charge in [0.05, 0.1) is 33.5 Å². The van der Waals surface area contributed by atoms with Crippen LogP contribution in [0.5, 0.6) is 0 Å². The molecule has 3 unspecified atom stereocenters. The molecule has 6 nitrogen and oxygen atoms in total. The van der Waals surface area contributed by atoms with E-state index in [1.54, 1.807) is 0 Å². The van der Waals surface area contributed by atoms with Crippen LogP contribution in [0.4, 0.5) is 0 Å². The van der Waals surface area contributed by atoms with Crippen molar-refractivity contribution in [2.24, 2.45) is 4.99 Å². The lowest BCUT2D eigenvalue weighted by Gasteiger charge is -2.33. The first-order valence-electron chi connectivity index (χ1n) is 21.5. The van der Waals surface area contributed by atoms with Gasteiger partial charge in [0.15, 0.2) is 0 Å². The standard InChI is InChI=1S/C55H44N6/c1-55(2)44-23-11-6-18-37(44)42-30-35(28-29-45(42)55)53-57-52(34-16-4-3-5-17-34)58-54(59-53)43-31-36(33-56)50(60-46-24-12-7-19-38(46)39-20-8-13-25-47(39)60)32-51(43)61-48-26-14-9-21-40(48)41-22-10-15-27-49(41)61/h3-14,16-17,19-26,28-32,37,52-53,57H,15,18,27H2,1-2H3,(H,58,59). The van der Waals surface area contributed by atoms with E-state index in [4.69, 9.17) is 4.99 Å². The summed E-state index contributed by atoms with van der Waals surface area (Å²) in [4.78, 5) is 5.62. The number of rotatable bonds is 5. The van der Waals surface area contributed by atoms with E-state index in [9.17, 15) is 5.26 Å². The predicted octanol–water partition coefficient (Wildman–Crippen LogP) is 12.2. The fourth-order valence-corrected chi connectivity index (χ4v) is 10.9. The average Bonchev–Trinajstić information content (AvgIpc) is 3.91. The van der Waals surface area contributed by atoms with Gasteiger partial charge in [0, 0.05) is 44.3 Å². The molecule has 3 aliphatic carbocycles. The molecule has 0 amide bonds. The van der Waals surface area contributed by atoms with Gasteiger partial charge in [0.2, 0.25) is 0 Å². The number of fused-ring (bicyclic) bond motifs is 9. The van der Waals surface area contributed by atoms with Crippen LogP contribution in [-0.4, -0.2) is 15.0 Å². The Hall–Kier alpha value is -7.20. The van der Waals surface area contributed by atoms with Crippen LogP contribution in [0.1, 0.15) is 89.6 Å². The summed E-state index contributed by atoms with van der Waals surface area (Å²) in [6.45, 7) is 4.72. The highest BCUT2D eigenvalue weighted by molar-refractivity contribution is 6.10. The summed E-state index contributed by atoms with van der Waals surface area (Å²) < 4.78 is 4.72. The SMILES string of the molecule is CC1(C)C2=CC=CCC2c2cc(C3N=C(c4cc(C#N)c(-n5c6ccccc6c6ccccc65)cc4-n4c5c(c6ccccc64)C=CCC5)NC(c4ccccc4)N3)ccc21. The second-order valence-corrected chi connectivity index (χ2v) is 17.4. The molecule has 2 N–H and O–H groups in total. The zero-order valence-corrected chi connectivity index (χ0v) is 34.2. The summed E-state index contributed by atoms with van der Waals surface area (Å²) >= 11 is 0. The van der Waals surface area contributed by atoms with Crippen LogP contribution in [0.3, 0.4) is 0 Å². The molecule has 3 heterocycles. The van der Waals surface area contributed by atoms with Crippen LogP contribution in [0.2, 0.25) is 0 Å². The Labute approximate surface area is 355 Å². The minimum absolute atomic E-state index is 0.0274. The maximum absolute atomic E-state index is 11.2. The van der Waals surface area contributed by atoms with E-state index in [0.29, 0.717) is 11.5 Å². The van der Waals surface area contributed by atoms with E-state index in [1.165, 1.54) is 33.3 Å². The molecule has 2 aromatic heterocycles. The van der Waals surface area contributed by atoms with Gasteiger partial charge in [-0.2, -0.15) is 5.26 Å². The summed E-state index contributed by atoms with van der Waals surface area (Å²) in [6, 6.07) is 50.3. The van der Waals surface area contributed by atoms with E-state index in [1.807, 2.05) is 0 Å². The molecule has 6 aromatic carbocycles. The zero-order valence-electron chi connectivity index (χ0n) is 34.2. The third kappa shape index (κ3) is 5.40. The lowest BCUT2D eigenvalue weighted by molar-refractivity contribution is 0.408. The Morgan fingerprint density at radius 3 is 2.18 bits per heavy atom. The molecule has 61 heavy (non-hydrogen) atoms. The molecule has 294 valence electrons. The van der Waals surface area contributed by atoms with Crippen LogP contribution < -0.4 is 10.6 Å².